The van der Waals surface area contributed by atoms with E-state index in [0.717, 1.165) is 0 Å². The Morgan fingerprint density at radius 1 is 1.47 bits per heavy atom. The van der Waals surface area contributed by atoms with Crippen LogP contribution in [0.3, 0.4) is 0 Å². The van der Waals surface area contributed by atoms with E-state index >= 15 is 0 Å². The Bertz CT molecular complexity index is 385. The maximum absolute atomic E-state index is 13.1. The fraction of sp³-hybridized carbons (Fsp3) is 0.364. The highest BCUT2D eigenvalue weighted by atomic mass is 19.1. The summed E-state index contributed by atoms with van der Waals surface area (Å²) in [6, 6.07) is 5.76. The van der Waals surface area contributed by atoms with Gasteiger partial charge in [-0.2, -0.15) is 5.26 Å². The Balaban J connectivity index is 3.21. The van der Waals surface area contributed by atoms with Crippen LogP contribution >= 0.6 is 0 Å². The molecule has 1 aromatic carbocycles. The first-order chi connectivity index (χ1) is 7.10. The van der Waals surface area contributed by atoms with Gasteiger partial charge in [0, 0.05) is 5.56 Å². The van der Waals surface area contributed by atoms with Gasteiger partial charge < -0.3 is 4.74 Å². The molecule has 0 bridgehead atoms. The van der Waals surface area contributed by atoms with Crippen molar-refractivity contribution >= 4 is 0 Å². The maximum atomic E-state index is 13.1. The normalized spacial score (nSPS) is 12.3. The van der Waals surface area contributed by atoms with Gasteiger partial charge in [-0.25, -0.2) is 4.39 Å². The first-order valence-electron chi connectivity index (χ1n) is 4.49. The Morgan fingerprint density at radius 2 is 2.13 bits per heavy atom. The lowest BCUT2D eigenvalue weighted by atomic mass is 10.1. The van der Waals surface area contributed by atoms with Gasteiger partial charge in [0.05, 0.1) is 13.2 Å². The standard InChI is InChI=1S/C11H13FN2O/c1-14(2)10(7-13)9-6-8(12)4-5-11(9)15-3/h4-6,10H,1-3H3. The molecule has 0 saturated heterocycles. The molecule has 0 aliphatic heterocycles. The lowest BCUT2D eigenvalue weighted by Crippen LogP contribution is -2.19. The SMILES string of the molecule is COc1ccc(F)cc1C(C#N)N(C)C. The van der Waals surface area contributed by atoms with Crippen molar-refractivity contribution < 1.29 is 9.13 Å². The minimum atomic E-state index is -0.504. The van der Waals surface area contributed by atoms with Crippen molar-refractivity contribution in [2.24, 2.45) is 0 Å². The summed E-state index contributed by atoms with van der Waals surface area (Å²) in [6.45, 7) is 0. The molecule has 0 saturated carbocycles. The third-order valence-electron chi connectivity index (χ3n) is 2.13. The third-order valence-corrected chi connectivity index (χ3v) is 2.13. The van der Waals surface area contributed by atoms with Crippen molar-refractivity contribution in [1.82, 2.24) is 4.90 Å². The van der Waals surface area contributed by atoms with Gasteiger partial charge in [0.1, 0.15) is 17.6 Å². The van der Waals surface area contributed by atoms with Crippen molar-refractivity contribution in [3.63, 3.8) is 0 Å². The Kier molecular flexibility index (Phi) is 3.64. The second-order valence-electron chi connectivity index (χ2n) is 3.38. The number of methoxy groups -OCH3 is 1. The molecule has 0 radical (unpaired) electrons. The first kappa shape index (κ1) is 11.5. The summed E-state index contributed by atoms with van der Waals surface area (Å²) in [5.41, 5.74) is 0.546. The zero-order valence-corrected chi connectivity index (χ0v) is 8.99. The molecular formula is C11H13FN2O. The second kappa shape index (κ2) is 4.76. The number of ether oxygens (including phenoxy) is 1. The van der Waals surface area contributed by atoms with Gasteiger partial charge in [0.2, 0.25) is 0 Å². The number of benzene rings is 1. The highest BCUT2D eigenvalue weighted by molar-refractivity contribution is 5.39. The van der Waals surface area contributed by atoms with Crippen LogP contribution in [-0.2, 0) is 0 Å². The number of halogens is 1. The molecule has 4 heteroatoms. The monoisotopic (exact) mass is 208 g/mol. The van der Waals surface area contributed by atoms with Crippen molar-refractivity contribution in [1.29, 1.82) is 5.26 Å². The number of rotatable bonds is 3. The fourth-order valence-electron chi connectivity index (χ4n) is 1.38. The van der Waals surface area contributed by atoms with Crippen LogP contribution < -0.4 is 4.74 Å². The topological polar surface area (TPSA) is 36.3 Å². The molecule has 0 spiro atoms. The molecule has 1 atom stereocenters. The van der Waals surface area contributed by atoms with E-state index in [1.165, 1.54) is 25.3 Å². The number of hydrogen-bond acceptors (Lipinski definition) is 3. The summed E-state index contributed by atoms with van der Waals surface area (Å²) in [4.78, 5) is 1.71. The number of nitrogens with zero attached hydrogens (tertiary/aromatic N) is 2. The zero-order chi connectivity index (χ0) is 11.4. The van der Waals surface area contributed by atoms with Crippen molar-refractivity contribution in [2.75, 3.05) is 21.2 Å². The third kappa shape index (κ3) is 2.45. The van der Waals surface area contributed by atoms with Gasteiger partial charge in [0.25, 0.3) is 0 Å². The summed E-state index contributed by atoms with van der Waals surface area (Å²) in [6.07, 6.45) is 0. The van der Waals surface area contributed by atoms with Crippen LogP contribution in [0.4, 0.5) is 4.39 Å². The molecule has 3 nitrogen and oxygen atoms in total. The van der Waals surface area contributed by atoms with Crippen LogP contribution in [0.1, 0.15) is 11.6 Å². The van der Waals surface area contributed by atoms with E-state index in [1.807, 2.05) is 0 Å². The van der Waals surface area contributed by atoms with E-state index in [4.69, 9.17) is 10.00 Å². The smallest absolute Gasteiger partial charge is 0.127 e. The maximum Gasteiger partial charge on any atom is 0.127 e. The summed E-state index contributed by atoms with van der Waals surface area (Å²) >= 11 is 0. The molecule has 0 N–H and O–H groups in total. The lowest BCUT2D eigenvalue weighted by Gasteiger charge is -2.19. The molecule has 15 heavy (non-hydrogen) atoms. The minimum absolute atomic E-state index is 0.368. The molecule has 1 unspecified atom stereocenters. The van der Waals surface area contributed by atoms with E-state index in [1.54, 1.807) is 19.0 Å². The highest BCUT2D eigenvalue weighted by Gasteiger charge is 2.18. The highest BCUT2D eigenvalue weighted by Crippen LogP contribution is 2.28. The minimum Gasteiger partial charge on any atom is -0.496 e. The van der Waals surface area contributed by atoms with E-state index in [9.17, 15) is 4.39 Å². The van der Waals surface area contributed by atoms with Gasteiger partial charge in [-0.1, -0.05) is 0 Å². The largest absolute Gasteiger partial charge is 0.496 e. The predicted octanol–water partition coefficient (Wildman–Crippen LogP) is 1.96. The van der Waals surface area contributed by atoms with Crippen LogP contribution in [0, 0.1) is 17.1 Å². The Labute approximate surface area is 88.7 Å². The number of hydrogen-bond donors (Lipinski definition) is 0. The Hall–Kier alpha value is -1.60. The molecule has 1 aromatic rings. The van der Waals surface area contributed by atoms with Crippen molar-refractivity contribution in [3.05, 3.63) is 29.6 Å². The summed E-state index contributed by atoms with van der Waals surface area (Å²) in [5.74, 6) is 0.157. The van der Waals surface area contributed by atoms with Crippen LogP contribution in [0.15, 0.2) is 18.2 Å². The molecule has 0 amide bonds. The van der Waals surface area contributed by atoms with E-state index in [2.05, 4.69) is 6.07 Å². The van der Waals surface area contributed by atoms with E-state index in [-0.39, 0.29) is 5.82 Å². The Morgan fingerprint density at radius 3 is 2.60 bits per heavy atom. The zero-order valence-electron chi connectivity index (χ0n) is 8.99. The summed E-state index contributed by atoms with van der Waals surface area (Å²) < 4.78 is 18.1. The average molecular weight is 208 g/mol. The first-order valence-corrected chi connectivity index (χ1v) is 4.49. The van der Waals surface area contributed by atoms with E-state index < -0.39 is 6.04 Å². The molecule has 80 valence electrons. The van der Waals surface area contributed by atoms with Gasteiger partial charge in [0.15, 0.2) is 0 Å². The molecular weight excluding hydrogens is 195 g/mol. The summed E-state index contributed by atoms with van der Waals surface area (Å²) in [5, 5.41) is 8.99. The molecule has 0 aromatic heterocycles. The number of nitriles is 1. The van der Waals surface area contributed by atoms with Crippen molar-refractivity contribution in [3.8, 4) is 11.8 Å². The van der Waals surface area contributed by atoms with Gasteiger partial charge in [-0.3, -0.25) is 4.90 Å². The molecule has 0 fully saturated rings. The van der Waals surface area contributed by atoms with Crippen LogP contribution in [0.25, 0.3) is 0 Å². The van der Waals surface area contributed by atoms with Crippen LogP contribution in [-0.4, -0.2) is 26.1 Å². The van der Waals surface area contributed by atoms with Gasteiger partial charge in [-0.05, 0) is 32.3 Å². The van der Waals surface area contributed by atoms with Gasteiger partial charge >= 0.3 is 0 Å². The fourth-order valence-corrected chi connectivity index (χ4v) is 1.38. The predicted molar refractivity (Wildman–Crippen MR) is 55.0 cm³/mol. The van der Waals surface area contributed by atoms with E-state index in [0.29, 0.717) is 11.3 Å². The molecule has 0 heterocycles. The summed E-state index contributed by atoms with van der Waals surface area (Å²) in [7, 11) is 5.03. The molecule has 0 aliphatic rings. The molecule has 1 rings (SSSR count). The second-order valence-corrected chi connectivity index (χ2v) is 3.38. The van der Waals surface area contributed by atoms with Crippen LogP contribution in [0.5, 0.6) is 5.75 Å². The molecule has 0 aliphatic carbocycles. The van der Waals surface area contributed by atoms with Gasteiger partial charge in [-0.15, -0.1) is 0 Å². The quantitative estimate of drug-likeness (QED) is 0.761. The van der Waals surface area contributed by atoms with Crippen LogP contribution in [0.2, 0.25) is 0 Å². The average Bonchev–Trinajstić information content (AvgIpc) is 2.18. The van der Waals surface area contributed by atoms with Crippen molar-refractivity contribution in [2.45, 2.75) is 6.04 Å². The lowest BCUT2D eigenvalue weighted by molar-refractivity contribution is 0.338.